The Morgan fingerprint density at radius 1 is 1.30 bits per heavy atom. The van der Waals surface area contributed by atoms with E-state index in [9.17, 15) is 14.4 Å². The molecule has 3 amide bonds. The maximum absolute atomic E-state index is 12.7. The molecule has 0 aliphatic heterocycles. The first kappa shape index (κ1) is 18.9. The highest BCUT2D eigenvalue weighted by molar-refractivity contribution is 6.00. The molecule has 1 aliphatic carbocycles. The number of carbonyl (C=O) groups excluding carboxylic acids is 3. The van der Waals surface area contributed by atoms with Gasteiger partial charge in [-0.2, -0.15) is 5.10 Å². The first-order valence-electron chi connectivity index (χ1n) is 9.07. The first-order valence-corrected chi connectivity index (χ1v) is 9.07. The summed E-state index contributed by atoms with van der Waals surface area (Å²) >= 11 is 0. The van der Waals surface area contributed by atoms with Crippen molar-refractivity contribution in [2.75, 3.05) is 6.54 Å². The molecule has 2 unspecified atom stereocenters. The largest absolute Gasteiger partial charge is 0.370 e. The van der Waals surface area contributed by atoms with Crippen molar-refractivity contribution in [3.63, 3.8) is 0 Å². The fraction of sp³-hybridized carbons (Fsp3) is 0.474. The smallest absolute Gasteiger partial charge is 0.253 e. The number of fused-ring (bicyclic) bond motifs is 1. The third kappa shape index (κ3) is 3.94. The Bertz CT molecular complexity index is 873. The molecule has 27 heavy (non-hydrogen) atoms. The Labute approximate surface area is 157 Å². The lowest BCUT2D eigenvalue weighted by Crippen LogP contribution is -2.60. The molecular weight excluding hydrogens is 346 g/mol. The third-order valence-corrected chi connectivity index (χ3v) is 5.60. The van der Waals surface area contributed by atoms with E-state index in [0.717, 1.165) is 11.9 Å². The van der Waals surface area contributed by atoms with Gasteiger partial charge in [0.05, 0.1) is 17.3 Å². The Kier molecular flexibility index (Phi) is 5.16. The SMILES string of the molecule is CC1(C)C(CNC(=O)CCC(N)=O)CC1NC(=O)c1cccn2nccc12. The van der Waals surface area contributed by atoms with E-state index in [-0.39, 0.29) is 42.0 Å². The second-order valence-corrected chi connectivity index (χ2v) is 7.63. The standard InChI is InChI=1S/C19H25N5O3/c1-19(2)12(11-21-17(26)6-5-16(20)25)10-15(19)23-18(27)13-4-3-9-24-14(13)7-8-22-24/h3-4,7-9,12,15H,5-6,10-11H2,1-2H3,(H2,20,25)(H,21,26)(H,23,27). The monoisotopic (exact) mass is 371 g/mol. The van der Waals surface area contributed by atoms with E-state index in [2.05, 4.69) is 29.6 Å². The first-order chi connectivity index (χ1) is 12.8. The lowest BCUT2D eigenvalue weighted by molar-refractivity contribution is -0.125. The minimum absolute atomic E-state index is 0.0284. The molecule has 2 atom stereocenters. The van der Waals surface area contributed by atoms with Crippen LogP contribution in [0.2, 0.25) is 0 Å². The van der Waals surface area contributed by atoms with E-state index in [1.165, 1.54) is 0 Å². The number of aromatic nitrogens is 2. The van der Waals surface area contributed by atoms with Gasteiger partial charge in [-0.15, -0.1) is 0 Å². The second kappa shape index (κ2) is 7.38. The summed E-state index contributed by atoms with van der Waals surface area (Å²) in [6, 6.07) is 5.42. The lowest BCUT2D eigenvalue weighted by Gasteiger charge is -2.52. The van der Waals surface area contributed by atoms with Gasteiger partial charge >= 0.3 is 0 Å². The quantitative estimate of drug-likeness (QED) is 0.669. The third-order valence-electron chi connectivity index (χ3n) is 5.60. The maximum Gasteiger partial charge on any atom is 0.253 e. The topological polar surface area (TPSA) is 119 Å². The number of rotatable bonds is 7. The number of pyridine rings is 1. The molecule has 144 valence electrons. The van der Waals surface area contributed by atoms with Gasteiger partial charge in [-0.1, -0.05) is 13.8 Å². The molecule has 8 heteroatoms. The van der Waals surface area contributed by atoms with Crippen LogP contribution in [0.3, 0.4) is 0 Å². The number of amides is 3. The van der Waals surface area contributed by atoms with E-state index < -0.39 is 5.91 Å². The van der Waals surface area contributed by atoms with Crippen molar-refractivity contribution in [3.8, 4) is 0 Å². The zero-order valence-corrected chi connectivity index (χ0v) is 15.6. The van der Waals surface area contributed by atoms with Crippen LogP contribution in [0, 0.1) is 11.3 Å². The van der Waals surface area contributed by atoms with Crippen molar-refractivity contribution >= 4 is 23.2 Å². The van der Waals surface area contributed by atoms with Gasteiger partial charge in [-0.05, 0) is 36.0 Å². The fourth-order valence-corrected chi connectivity index (χ4v) is 3.55. The van der Waals surface area contributed by atoms with Crippen LogP contribution in [0.4, 0.5) is 0 Å². The summed E-state index contributed by atoms with van der Waals surface area (Å²) in [4.78, 5) is 35.2. The average Bonchev–Trinajstić information content (AvgIpc) is 3.10. The van der Waals surface area contributed by atoms with Crippen LogP contribution in [-0.2, 0) is 9.59 Å². The van der Waals surface area contributed by atoms with Gasteiger partial charge in [-0.25, -0.2) is 4.52 Å². The van der Waals surface area contributed by atoms with Gasteiger partial charge in [-0.3, -0.25) is 14.4 Å². The van der Waals surface area contributed by atoms with Gasteiger partial charge in [0.2, 0.25) is 11.8 Å². The molecule has 1 aliphatic rings. The number of primary amides is 1. The van der Waals surface area contributed by atoms with Crippen molar-refractivity contribution < 1.29 is 14.4 Å². The molecule has 3 rings (SSSR count). The lowest BCUT2D eigenvalue weighted by atomic mass is 9.58. The van der Waals surface area contributed by atoms with Gasteiger partial charge in [0.15, 0.2) is 0 Å². The van der Waals surface area contributed by atoms with E-state index in [1.54, 1.807) is 29.0 Å². The van der Waals surface area contributed by atoms with Crippen molar-refractivity contribution in [1.29, 1.82) is 0 Å². The zero-order valence-electron chi connectivity index (χ0n) is 15.6. The second-order valence-electron chi connectivity index (χ2n) is 7.63. The fourth-order valence-electron chi connectivity index (χ4n) is 3.55. The van der Waals surface area contributed by atoms with Gasteiger partial charge in [0, 0.05) is 31.6 Å². The van der Waals surface area contributed by atoms with Crippen LogP contribution >= 0.6 is 0 Å². The summed E-state index contributed by atoms with van der Waals surface area (Å²) in [5, 5.41) is 10.1. The van der Waals surface area contributed by atoms with Crippen LogP contribution in [0.5, 0.6) is 0 Å². The van der Waals surface area contributed by atoms with Crippen LogP contribution in [0.15, 0.2) is 30.6 Å². The molecule has 4 N–H and O–H groups in total. The Hall–Kier alpha value is -2.90. The van der Waals surface area contributed by atoms with E-state index >= 15 is 0 Å². The number of hydrogen-bond donors (Lipinski definition) is 3. The summed E-state index contributed by atoms with van der Waals surface area (Å²) in [5.74, 6) is -0.524. The summed E-state index contributed by atoms with van der Waals surface area (Å²) < 4.78 is 1.67. The van der Waals surface area contributed by atoms with Gasteiger partial charge < -0.3 is 16.4 Å². The van der Waals surface area contributed by atoms with Crippen LogP contribution in [0.25, 0.3) is 5.52 Å². The van der Waals surface area contributed by atoms with Crippen molar-refractivity contribution in [1.82, 2.24) is 20.2 Å². The summed E-state index contributed by atoms with van der Waals surface area (Å²) in [7, 11) is 0. The molecule has 0 saturated heterocycles. The molecule has 1 saturated carbocycles. The van der Waals surface area contributed by atoms with Gasteiger partial charge in [0.25, 0.3) is 5.91 Å². The number of hydrogen-bond acceptors (Lipinski definition) is 4. The van der Waals surface area contributed by atoms with Crippen molar-refractivity contribution in [2.24, 2.45) is 17.1 Å². The Balaban J connectivity index is 1.54. The maximum atomic E-state index is 12.7. The molecular formula is C19H25N5O3. The number of carbonyl (C=O) groups is 3. The molecule has 8 nitrogen and oxygen atoms in total. The normalized spacial score (nSPS) is 20.7. The predicted octanol–water partition coefficient (Wildman–Crippen LogP) is 0.861. The summed E-state index contributed by atoms with van der Waals surface area (Å²) in [6.45, 7) is 4.69. The van der Waals surface area contributed by atoms with Crippen molar-refractivity contribution in [3.05, 3.63) is 36.2 Å². The molecule has 0 bridgehead atoms. The summed E-state index contributed by atoms with van der Waals surface area (Å²) in [5.41, 5.74) is 6.27. The highest BCUT2D eigenvalue weighted by Gasteiger charge is 2.48. The zero-order chi connectivity index (χ0) is 19.6. The van der Waals surface area contributed by atoms with Gasteiger partial charge in [0.1, 0.15) is 0 Å². The summed E-state index contributed by atoms with van der Waals surface area (Å²) in [6.07, 6.45) is 4.42. The molecule has 0 aromatic carbocycles. The minimum Gasteiger partial charge on any atom is -0.370 e. The number of nitrogens with zero attached hydrogens (tertiary/aromatic N) is 2. The van der Waals surface area contributed by atoms with Crippen molar-refractivity contribution in [2.45, 2.75) is 39.2 Å². The van der Waals surface area contributed by atoms with Crippen LogP contribution < -0.4 is 16.4 Å². The van der Waals surface area contributed by atoms with E-state index in [4.69, 9.17) is 5.73 Å². The predicted molar refractivity (Wildman–Crippen MR) is 99.8 cm³/mol. The molecule has 2 heterocycles. The number of nitrogens with two attached hydrogens (primary N) is 1. The van der Waals surface area contributed by atoms with Crippen LogP contribution in [0.1, 0.15) is 43.5 Å². The molecule has 0 spiro atoms. The van der Waals surface area contributed by atoms with E-state index in [1.807, 2.05) is 6.07 Å². The average molecular weight is 371 g/mol. The number of nitrogens with one attached hydrogen (secondary N) is 2. The van der Waals surface area contributed by atoms with E-state index in [0.29, 0.717) is 12.1 Å². The van der Waals surface area contributed by atoms with Crippen LogP contribution in [-0.4, -0.2) is 39.9 Å². The highest BCUT2D eigenvalue weighted by Crippen LogP contribution is 2.46. The Morgan fingerprint density at radius 3 is 2.78 bits per heavy atom. The molecule has 2 aromatic heterocycles. The molecule has 1 fully saturated rings. The highest BCUT2D eigenvalue weighted by atomic mass is 16.2. The minimum atomic E-state index is -0.481. The molecule has 0 radical (unpaired) electrons. The molecule has 2 aromatic rings. The Morgan fingerprint density at radius 2 is 2.07 bits per heavy atom.